The minimum Gasteiger partial charge on any atom is -0.450 e. The SMILES string of the molecule is CCCNC(=O)C(OC=O)C(OC(=O)CCCCCCCCCCNOCl)C(=O)NCCC. The summed E-state index contributed by atoms with van der Waals surface area (Å²) in [6.45, 7) is 5.20. The van der Waals surface area contributed by atoms with Crippen LogP contribution in [0.5, 0.6) is 0 Å². The molecule has 0 fully saturated rings. The summed E-state index contributed by atoms with van der Waals surface area (Å²) in [5.41, 5.74) is 2.59. The molecule has 0 bridgehead atoms. The Hall–Kier alpha value is -1.91. The van der Waals surface area contributed by atoms with E-state index in [1.54, 1.807) is 0 Å². The van der Waals surface area contributed by atoms with Gasteiger partial charge in [-0.15, -0.1) is 0 Å². The molecule has 2 atom stereocenters. The Morgan fingerprint density at radius 3 is 1.82 bits per heavy atom. The van der Waals surface area contributed by atoms with Gasteiger partial charge >= 0.3 is 5.97 Å². The number of carbonyl (C=O) groups is 4. The molecule has 0 aromatic rings. The molecular weight excluding hydrogens is 454 g/mol. The third kappa shape index (κ3) is 16.4. The number of esters is 1. The molecule has 0 aliphatic rings. The summed E-state index contributed by atoms with van der Waals surface area (Å²) >= 11 is 5.06. The van der Waals surface area contributed by atoms with Crippen LogP contribution in [0, 0.1) is 0 Å². The molecule has 0 spiro atoms. The second-order valence-corrected chi connectivity index (χ2v) is 7.85. The first-order valence-electron chi connectivity index (χ1n) is 11.9. The Balaban J connectivity index is 4.50. The van der Waals surface area contributed by atoms with Crippen molar-refractivity contribution in [3.8, 4) is 0 Å². The fourth-order valence-corrected chi connectivity index (χ4v) is 3.12. The number of carbonyl (C=O) groups excluding carboxylic acids is 4. The normalized spacial score (nSPS) is 12.5. The van der Waals surface area contributed by atoms with Crippen molar-refractivity contribution in [3.63, 3.8) is 0 Å². The van der Waals surface area contributed by atoms with E-state index in [2.05, 4.69) is 20.5 Å². The highest BCUT2D eigenvalue weighted by Gasteiger charge is 2.38. The van der Waals surface area contributed by atoms with Crippen LogP contribution < -0.4 is 16.1 Å². The van der Waals surface area contributed by atoms with Crippen molar-refractivity contribution in [2.75, 3.05) is 19.6 Å². The topological polar surface area (TPSA) is 132 Å². The number of halogens is 1. The van der Waals surface area contributed by atoms with Crippen LogP contribution in [-0.4, -0.2) is 56.1 Å². The van der Waals surface area contributed by atoms with Gasteiger partial charge in [0.15, 0.2) is 0 Å². The maximum Gasteiger partial charge on any atom is 0.306 e. The fraction of sp³-hybridized carbons (Fsp3) is 0.818. The van der Waals surface area contributed by atoms with Crippen molar-refractivity contribution in [1.82, 2.24) is 16.1 Å². The molecule has 2 amide bonds. The summed E-state index contributed by atoms with van der Waals surface area (Å²) in [6, 6.07) is 0. The second kappa shape index (κ2) is 21.9. The lowest BCUT2D eigenvalue weighted by Gasteiger charge is -2.24. The lowest BCUT2D eigenvalue weighted by atomic mass is 10.1. The van der Waals surface area contributed by atoms with Crippen molar-refractivity contribution in [1.29, 1.82) is 0 Å². The Morgan fingerprint density at radius 1 is 0.788 bits per heavy atom. The van der Waals surface area contributed by atoms with Gasteiger partial charge in [0, 0.05) is 26.1 Å². The van der Waals surface area contributed by atoms with Crippen molar-refractivity contribution >= 4 is 36.1 Å². The zero-order valence-corrected chi connectivity index (χ0v) is 20.6. The van der Waals surface area contributed by atoms with Gasteiger partial charge in [-0.3, -0.25) is 19.2 Å². The Morgan fingerprint density at radius 2 is 1.30 bits per heavy atom. The first kappa shape index (κ1) is 31.1. The van der Waals surface area contributed by atoms with Gasteiger partial charge in [0.25, 0.3) is 18.3 Å². The molecule has 0 saturated carbocycles. The molecule has 33 heavy (non-hydrogen) atoms. The number of ether oxygens (including phenoxy) is 2. The lowest BCUT2D eigenvalue weighted by molar-refractivity contribution is -0.171. The van der Waals surface area contributed by atoms with E-state index in [0.717, 1.165) is 51.5 Å². The molecule has 0 aliphatic carbocycles. The highest BCUT2D eigenvalue weighted by Crippen LogP contribution is 2.12. The minimum atomic E-state index is -1.54. The van der Waals surface area contributed by atoms with E-state index in [0.29, 0.717) is 32.4 Å². The summed E-state index contributed by atoms with van der Waals surface area (Å²) in [4.78, 5) is 48.1. The summed E-state index contributed by atoms with van der Waals surface area (Å²) in [6.07, 6.45) is 6.22. The third-order valence-electron chi connectivity index (χ3n) is 4.82. The summed E-state index contributed by atoms with van der Waals surface area (Å²) in [5, 5.41) is 5.15. The molecule has 0 heterocycles. The van der Waals surface area contributed by atoms with Crippen molar-refractivity contribution in [3.05, 3.63) is 0 Å². The van der Waals surface area contributed by atoms with Gasteiger partial charge in [0.1, 0.15) is 0 Å². The molecule has 0 aromatic carbocycles. The number of unbranched alkanes of at least 4 members (excludes halogenated alkanes) is 7. The van der Waals surface area contributed by atoms with Crippen LogP contribution in [0.1, 0.15) is 84.5 Å². The van der Waals surface area contributed by atoms with Crippen molar-refractivity contribution in [2.45, 2.75) is 96.7 Å². The summed E-state index contributed by atoms with van der Waals surface area (Å²) in [5.74, 6) is -1.96. The Kier molecular flexibility index (Phi) is 20.6. The molecule has 0 radical (unpaired) electrons. The standard InChI is InChI=1S/C22H40ClN3O7/c1-3-14-24-21(29)19(31-17-27)20(22(30)25-15-4-2)32-18(28)13-11-9-7-5-6-8-10-12-16-26-33-23/h17,19-20,26H,3-16H2,1-2H3,(H,24,29)(H,25,30). The monoisotopic (exact) mass is 493 g/mol. The predicted molar refractivity (Wildman–Crippen MR) is 124 cm³/mol. The lowest BCUT2D eigenvalue weighted by Crippen LogP contribution is -2.53. The maximum absolute atomic E-state index is 12.5. The van der Waals surface area contributed by atoms with Gasteiger partial charge in [0.2, 0.25) is 12.2 Å². The third-order valence-corrected chi connectivity index (χ3v) is 4.92. The zero-order valence-electron chi connectivity index (χ0n) is 19.9. The van der Waals surface area contributed by atoms with Gasteiger partial charge in [-0.1, -0.05) is 52.4 Å². The van der Waals surface area contributed by atoms with E-state index < -0.39 is 30.0 Å². The van der Waals surface area contributed by atoms with Crippen LogP contribution >= 0.6 is 11.9 Å². The molecule has 0 saturated heterocycles. The van der Waals surface area contributed by atoms with Crippen molar-refractivity contribution in [2.24, 2.45) is 0 Å². The summed E-state index contributed by atoms with van der Waals surface area (Å²) < 4.78 is 14.4. The van der Waals surface area contributed by atoms with Crippen LogP contribution in [0.15, 0.2) is 0 Å². The molecule has 3 N–H and O–H groups in total. The zero-order chi connectivity index (χ0) is 24.7. The molecule has 10 nitrogen and oxygen atoms in total. The van der Waals surface area contributed by atoms with Gasteiger partial charge in [-0.05, 0) is 25.7 Å². The minimum absolute atomic E-state index is 0.0757. The Labute approximate surface area is 201 Å². The number of hydrogen-bond donors (Lipinski definition) is 3. The van der Waals surface area contributed by atoms with Gasteiger partial charge in [-0.2, -0.15) is 9.87 Å². The van der Waals surface area contributed by atoms with E-state index >= 15 is 0 Å². The maximum atomic E-state index is 12.5. The largest absolute Gasteiger partial charge is 0.450 e. The number of nitrogens with one attached hydrogen (secondary N) is 3. The second-order valence-electron chi connectivity index (χ2n) is 7.70. The number of hydrogen-bond acceptors (Lipinski definition) is 8. The number of rotatable bonds is 22. The molecule has 0 aliphatic heterocycles. The predicted octanol–water partition coefficient (Wildman–Crippen LogP) is 2.68. The first-order valence-corrected chi connectivity index (χ1v) is 12.2. The average Bonchev–Trinajstić information content (AvgIpc) is 2.81. The van der Waals surface area contributed by atoms with Crippen LogP contribution in [0.25, 0.3) is 0 Å². The number of hydroxylamine groups is 1. The molecule has 192 valence electrons. The quantitative estimate of drug-likeness (QED) is 0.0907. The van der Waals surface area contributed by atoms with Crippen molar-refractivity contribution < 1.29 is 33.0 Å². The summed E-state index contributed by atoms with van der Waals surface area (Å²) in [7, 11) is 0. The average molecular weight is 494 g/mol. The van der Waals surface area contributed by atoms with Gasteiger partial charge in [0.05, 0.1) is 11.9 Å². The van der Waals surface area contributed by atoms with Crippen LogP contribution in [-0.2, 0) is 33.0 Å². The van der Waals surface area contributed by atoms with E-state index in [-0.39, 0.29) is 12.9 Å². The highest BCUT2D eigenvalue weighted by atomic mass is 35.5. The van der Waals surface area contributed by atoms with E-state index in [4.69, 9.17) is 21.3 Å². The molecular formula is C22H40ClN3O7. The van der Waals surface area contributed by atoms with Crippen LogP contribution in [0.4, 0.5) is 0 Å². The molecule has 2 unspecified atom stereocenters. The Bertz CT molecular complexity index is 552. The smallest absolute Gasteiger partial charge is 0.306 e. The molecule has 0 aromatic heterocycles. The number of amides is 2. The van der Waals surface area contributed by atoms with Crippen LogP contribution in [0.3, 0.4) is 0 Å². The van der Waals surface area contributed by atoms with Gasteiger partial charge < -0.3 is 20.1 Å². The molecule has 11 heteroatoms. The van der Waals surface area contributed by atoms with Gasteiger partial charge in [-0.25, -0.2) is 0 Å². The van der Waals surface area contributed by atoms with E-state index in [1.165, 1.54) is 0 Å². The van der Waals surface area contributed by atoms with E-state index in [1.807, 2.05) is 13.8 Å². The first-order chi connectivity index (χ1) is 16.0. The molecule has 0 rings (SSSR count). The highest BCUT2D eigenvalue weighted by molar-refractivity contribution is 6.07. The van der Waals surface area contributed by atoms with E-state index in [9.17, 15) is 19.2 Å². The van der Waals surface area contributed by atoms with Crippen LogP contribution in [0.2, 0.25) is 0 Å². The fourth-order valence-electron chi connectivity index (χ4n) is 3.05.